The number of fused-ring (bicyclic) bond motifs is 1. The third-order valence-electron chi connectivity index (χ3n) is 2.45. The number of halogens is 3. The molecule has 90 valence electrons. The minimum Gasteiger partial charge on any atom is -0.296 e. The SMILES string of the molecule is CC(=O)c1c(C)nc2ccc(C(F)(F)F)cn12. The van der Waals surface area contributed by atoms with E-state index in [0.717, 1.165) is 12.3 Å². The minimum atomic E-state index is -4.43. The Hall–Kier alpha value is -1.85. The summed E-state index contributed by atoms with van der Waals surface area (Å²) in [6, 6.07) is 2.20. The van der Waals surface area contributed by atoms with Crippen molar-refractivity contribution < 1.29 is 18.0 Å². The maximum Gasteiger partial charge on any atom is 0.417 e. The molecule has 3 nitrogen and oxygen atoms in total. The van der Waals surface area contributed by atoms with Gasteiger partial charge in [0.25, 0.3) is 0 Å². The third kappa shape index (κ3) is 1.90. The normalized spacial score (nSPS) is 12.1. The van der Waals surface area contributed by atoms with Crippen molar-refractivity contribution >= 4 is 11.4 Å². The zero-order valence-corrected chi connectivity index (χ0v) is 9.17. The molecule has 0 radical (unpaired) electrons. The number of pyridine rings is 1. The summed E-state index contributed by atoms with van der Waals surface area (Å²) in [5.74, 6) is -0.311. The Balaban J connectivity index is 2.75. The van der Waals surface area contributed by atoms with Crippen molar-refractivity contribution in [1.82, 2.24) is 9.38 Å². The lowest BCUT2D eigenvalue weighted by Crippen LogP contribution is -2.08. The Morgan fingerprint density at radius 3 is 2.53 bits per heavy atom. The summed E-state index contributed by atoms with van der Waals surface area (Å²) in [4.78, 5) is 15.4. The third-order valence-corrected chi connectivity index (χ3v) is 2.45. The van der Waals surface area contributed by atoms with E-state index < -0.39 is 11.7 Å². The lowest BCUT2D eigenvalue weighted by atomic mass is 10.2. The molecule has 6 heteroatoms. The van der Waals surface area contributed by atoms with Crippen LogP contribution in [0.15, 0.2) is 18.3 Å². The first-order chi connectivity index (χ1) is 7.80. The van der Waals surface area contributed by atoms with Gasteiger partial charge >= 0.3 is 6.18 Å². The van der Waals surface area contributed by atoms with Crippen LogP contribution in [0, 0.1) is 6.92 Å². The largest absolute Gasteiger partial charge is 0.417 e. The smallest absolute Gasteiger partial charge is 0.296 e. The molecule has 0 aromatic carbocycles. The molecule has 0 aliphatic carbocycles. The van der Waals surface area contributed by atoms with Crippen LogP contribution in [-0.4, -0.2) is 15.2 Å². The van der Waals surface area contributed by atoms with Gasteiger partial charge in [0.1, 0.15) is 11.3 Å². The number of aromatic nitrogens is 2. The van der Waals surface area contributed by atoms with E-state index in [1.165, 1.54) is 17.4 Å². The van der Waals surface area contributed by atoms with Crippen LogP contribution in [0.2, 0.25) is 0 Å². The quantitative estimate of drug-likeness (QED) is 0.720. The molecule has 0 aliphatic rings. The Morgan fingerprint density at radius 2 is 2.00 bits per heavy atom. The Kier molecular flexibility index (Phi) is 2.45. The first-order valence-electron chi connectivity index (χ1n) is 4.87. The number of aryl methyl sites for hydroxylation is 1. The van der Waals surface area contributed by atoms with Gasteiger partial charge in [0.2, 0.25) is 0 Å². The maximum atomic E-state index is 12.5. The molecule has 0 spiro atoms. The van der Waals surface area contributed by atoms with Gasteiger partial charge in [0.05, 0.1) is 11.3 Å². The van der Waals surface area contributed by atoms with Gasteiger partial charge in [-0.3, -0.25) is 9.20 Å². The summed E-state index contributed by atoms with van der Waals surface area (Å²) < 4.78 is 38.8. The summed E-state index contributed by atoms with van der Waals surface area (Å²) in [7, 11) is 0. The fraction of sp³-hybridized carbons (Fsp3) is 0.273. The number of carbonyl (C=O) groups is 1. The number of Topliss-reactive ketones (excluding diaryl/α,β-unsaturated/α-hetero) is 1. The number of alkyl halides is 3. The highest BCUT2D eigenvalue weighted by Crippen LogP contribution is 2.29. The van der Waals surface area contributed by atoms with Gasteiger partial charge in [0, 0.05) is 13.1 Å². The number of carbonyl (C=O) groups excluding carboxylic acids is 1. The van der Waals surface area contributed by atoms with Crippen LogP contribution in [0.3, 0.4) is 0 Å². The first kappa shape index (κ1) is 11.6. The molecule has 0 saturated heterocycles. The van der Waals surface area contributed by atoms with Crippen molar-refractivity contribution in [3.8, 4) is 0 Å². The van der Waals surface area contributed by atoms with Gasteiger partial charge in [-0.1, -0.05) is 0 Å². The Morgan fingerprint density at radius 1 is 1.35 bits per heavy atom. The highest BCUT2D eigenvalue weighted by atomic mass is 19.4. The Bertz CT molecular complexity index is 599. The molecule has 2 aromatic rings. The fourth-order valence-electron chi connectivity index (χ4n) is 1.75. The van der Waals surface area contributed by atoms with Crippen molar-refractivity contribution in [3.05, 3.63) is 35.3 Å². The zero-order chi connectivity index (χ0) is 12.8. The van der Waals surface area contributed by atoms with Crippen LogP contribution in [-0.2, 0) is 6.18 Å². The first-order valence-corrected chi connectivity index (χ1v) is 4.87. The van der Waals surface area contributed by atoms with E-state index in [9.17, 15) is 18.0 Å². The summed E-state index contributed by atoms with van der Waals surface area (Å²) in [5, 5.41) is 0. The molecule has 0 N–H and O–H groups in total. The molecule has 2 rings (SSSR count). The number of rotatable bonds is 1. The van der Waals surface area contributed by atoms with Gasteiger partial charge in [-0.05, 0) is 19.1 Å². The number of ketones is 1. The van der Waals surface area contributed by atoms with E-state index in [0.29, 0.717) is 11.3 Å². The molecule has 17 heavy (non-hydrogen) atoms. The Labute approximate surface area is 94.9 Å². The van der Waals surface area contributed by atoms with Crippen LogP contribution >= 0.6 is 0 Å². The maximum absolute atomic E-state index is 12.5. The van der Waals surface area contributed by atoms with Gasteiger partial charge in [-0.15, -0.1) is 0 Å². The van der Waals surface area contributed by atoms with Crippen LogP contribution in [0.4, 0.5) is 13.2 Å². The number of hydrogen-bond donors (Lipinski definition) is 0. The average Bonchev–Trinajstić information content (AvgIpc) is 2.50. The predicted octanol–water partition coefficient (Wildman–Crippen LogP) is 2.86. The van der Waals surface area contributed by atoms with Crippen LogP contribution in [0.5, 0.6) is 0 Å². The number of hydrogen-bond acceptors (Lipinski definition) is 2. The van der Waals surface area contributed by atoms with Crippen LogP contribution in [0.1, 0.15) is 28.7 Å². The molecule has 0 aliphatic heterocycles. The molecule has 0 unspecified atom stereocenters. The molecule has 2 aromatic heterocycles. The standard InChI is InChI=1S/C11H9F3N2O/c1-6-10(7(2)17)16-5-8(11(12,13)14)3-4-9(16)15-6/h3-5H,1-2H3. The van der Waals surface area contributed by atoms with E-state index in [1.807, 2.05) is 0 Å². The van der Waals surface area contributed by atoms with Gasteiger partial charge in [-0.2, -0.15) is 13.2 Å². The summed E-state index contributed by atoms with van der Waals surface area (Å²) in [5.41, 5.74) is 0.147. The second kappa shape index (κ2) is 3.58. The van der Waals surface area contributed by atoms with Gasteiger partial charge in [0.15, 0.2) is 5.78 Å². The summed E-state index contributed by atoms with van der Waals surface area (Å²) >= 11 is 0. The van der Waals surface area contributed by atoms with E-state index in [2.05, 4.69) is 4.98 Å². The van der Waals surface area contributed by atoms with Crippen molar-refractivity contribution in [2.45, 2.75) is 20.0 Å². The van der Waals surface area contributed by atoms with E-state index in [1.54, 1.807) is 6.92 Å². The van der Waals surface area contributed by atoms with Crippen molar-refractivity contribution in [1.29, 1.82) is 0 Å². The summed E-state index contributed by atoms with van der Waals surface area (Å²) in [6.45, 7) is 2.90. The molecule has 0 saturated carbocycles. The monoisotopic (exact) mass is 242 g/mol. The van der Waals surface area contributed by atoms with E-state index in [-0.39, 0.29) is 11.5 Å². The number of nitrogens with zero attached hydrogens (tertiary/aromatic N) is 2. The summed E-state index contributed by atoms with van der Waals surface area (Å²) in [6.07, 6.45) is -3.54. The van der Waals surface area contributed by atoms with Crippen molar-refractivity contribution in [2.75, 3.05) is 0 Å². The lowest BCUT2D eigenvalue weighted by Gasteiger charge is -2.07. The molecule has 0 fully saturated rings. The molecule has 2 heterocycles. The fourth-order valence-corrected chi connectivity index (χ4v) is 1.75. The zero-order valence-electron chi connectivity index (χ0n) is 9.17. The second-order valence-corrected chi connectivity index (χ2v) is 3.75. The number of imidazole rings is 1. The van der Waals surface area contributed by atoms with Gasteiger partial charge < -0.3 is 0 Å². The van der Waals surface area contributed by atoms with Crippen molar-refractivity contribution in [3.63, 3.8) is 0 Å². The molecular weight excluding hydrogens is 233 g/mol. The highest BCUT2D eigenvalue weighted by Gasteiger charge is 2.31. The van der Waals surface area contributed by atoms with E-state index >= 15 is 0 Å². The molecule has 0 bridgehead atoms. The van der Waals surface area contributed by atoms with E-state index in [4.69, 9.17) is 0 Å². The van der Waals surface area contributed by atoms with Crippen LogP contribution in [0.25, 0.3) is 5.65 Å². The van der Waals surface area contributed by atoms with Crippen LogP contribution < -0.4 is 0 Å². The topological polar surface area (TPSA) is 34.4 Å². The lowest BCUT2D eigenvalue weighted by molar-refractivity contribution is -0.137. The average molecular weight is 242 g/mol. The molecular formula is C11H9F3N2O. The minimum absolute atomic E-state index is 0.186. The predicted molar refractivity (Wildman–Crippen MR) is 54.9 cm³/mol. The second-order valence-electron chi connectivity index (χ2n) is 3.75. The molecule has 0 atom stereocenters. The van der Waals surface area contributed by atoms with Crippen molar-refractivity contribution in [2.24, 2.45) is 0 Å². The highest BCUT2D eigenvalue weighted by molar-refractivity contribution is 5.94. The van der Waals surface area contributed by atoms with Gasteiger partial charge in [-0.25, -0.2) is 4.98 Å². The molecule has 0 amide bonds.